The number of hydrogen-bond acceptors (Lipinski definition) is 2. The van der Waals surface area contributed by atoms with Crippen LogP contribution in [0.5, 0.6) is 0 Å². The third kappa shape index (κ3) is 5.80. The molecule has 0 aromatic heterocycles. The van der Waals surface area contributed by atoms with Crippen LogP contribution in [0.3, 0.4) is 0 Å². The molecular weight excluding hydrogens is 256 g/mol. The number of benzene rings is 1. The molecule has 21 heavy (non-hydrogen) atoms. The molecule has 118 valence electrons. The minimum atomic E-state index is 0.709. The van der Waals surface area contributed by atoms with Crippen LogP contribution in [0.2, 0.25) is 0 Å². The number of likely N-dealkylation sites (tertiary alicyclic amines) is 1. The Morgan fingerprint density at radius 3 is 2.38 bits per heavy atom. The first-order valence-corrected chi connectivity index (χ1v) is 8.81. The molecule has 0 unspecified atom stereocenters. The molecule has 1 saturated heterocycles. The Balaban J connectivity index is 1.62. The molecule has 2 nitrogen and oxygen atoms in total. The molecular formula is C19H32N2. The molecule has 2 rings (SSSR count). The first-order valence-electron chi connectivity index (χ1n) is 8.81. The summed E-state index contributed by atoms with van der Waals surface area (Å²) in [7, 11) is 0. The van der Waals surface area contributed by atoms with Gasteiger partial charge in [-0.25, -0.2) is 0 Å². The Labute approximate surface area is 130 Å². The zero-order valence-corrected chi connectivity index (χ0v) is 13.9. The maximum absolute atomic E-state index is 3.68. The fraction of sp³-hybridized carbons (Fsp3) is 0.684. The van der Waals surface area contributed by atoms with Gasteiger partial charge in [0.1, 0.15) is 0 Å². The minimum absolute atomic E-state index is 0.709. The fourth-order valence-corrected chi connectivity index (χ4v) is 3.37. The number of nitrogens with zero attached hydrogens (tertiary/aromatic N) is 1. The van der Waals surface area contributed by atoms with Gasteiger partial charge in [-0.15, -0.1) is 0 Å². The van der Waals surface area contributed by atoms with Gasteiger partial charge in [0.15, 0.2) is 0 Å². The van der Waals surface area contributed by atoms with Crippen molar-refractivity contribution in [2.24, 2.45) is 5.92 Å². The first-order chi connectivity index (χ1) is 10.3. The monoisotopic (exact) mass is 288 g/mol. The summed E-state index contributed by atoms with van der Waals surface area (Å²) in [5.74, 6) is 0.885. The van der Waals surface area contributed by atoms with Crippen molar-refractivity contribution in [1.29, 1.82) is 0 Å². The molecule has 1 aliphatic rings. The lowest BCUT2D eigenvalue weighted by molar-refractivity contribution is 0.182. The third-order valence-electron chi connectivity index (χ3n) is 4.92. The Morgan fingerprint density at radius 2 is 1.76 bits per heavy atom. The average Bonchev–Trinajstić information content (AvgIpc) is 2.54. The largest absolute Gasteiger partial charge is 0.313 e. The van der Waals surface area contributed by atoms with Crippen LogP contribution >= 0.6 is 0 Å². The van der Waals surface area contributed by atoms with E-state index in [-0.39, 0.29) is 0 Å². The van der Waals surface area contributed by atoms with Gasteiger partial charge in [-0.05, 0) is 56.7 Å². The normalized spacial score (nSPS) is 17.5. The number of rotatable bonds is 8. The molecule has 0 atom stereocenters. The van der Waals surface area contributed by atoms with Crippen LogP contribution in [-0.2, 0) is 6.42 Å². The van der Waals surface area contributed by atoms with Gasteiger partial charge in [0.25, 0.3) is 0 Å². The van der Waals surface area contributed by atoms with Crippen molar-refractivity contribution >= 4 is 0 Å². The quantitative estimate of drug-likeness (QED) is 0.784. The van der Waals surface area contributed by atoms with Crippen LogP contribution in [-0.4, -0.2) is 37.1 Å². The molecule has 1 aliphatic heterocycles. The lowest BCUT2D eigenvalue weighted by atomic mass is 9.90. The van der Waals surface area contributed by atoms with Crippen LogP contribution in [0.25, 0.3) is 0 Å². The predicted octanol–water partition coefficient (Wildman–Crippen LogP) is 3.72. The lowest BCUT2D eigenvalue weighted by Gasteiger charge is -2.32. The SMILES string of the molecule is CCC(CC)NCCN1CCC(Cc2ccccc2)CC1. The van der Waals surface area contributed by atoms with Gasteiger partial charge in [0, 0.05) is 19.1 Å². The van der Waals surface area contributed by atoms with E-state index in [0.717, 1.165) is 12.5 Å². The number of hydrogen-bond donors (Lipinski definition) is 1. The summed E-state index contributed by atoms with van der Waals surface area (Å²) in [4.78, 5) is 2.64. The molecule has 1 aromatic carbocycles. The highest BCUT2D eigenvalue weighted by Crippen LogP contribution is 2.21. The third-order valence-corrected chi connectivity index (χ3v) is 4.92. The van der Waals surface area contributed by atoms with Crippen LogP contribution in [0.4, 0.5) is 0 Å². The smallest absolute Gasteiger partial charge is 0.0107 e. The molecule has 1 N–H and O–H groups in total. The summed E-state index contributed by atoms with van der Waals surface area (Å²) in [5.41, 5.74) is 1.51. The predicted molar refractivity (Wildman–Crippen MR) is 91.7 cm³/mol. The topological polar surface area (TPSA) is 15.3 Å². The highest BCUT2D eigenvalue weighted by Gasteiger charge is 2.19. The fourth-order valence-electron chi connectivity index (χ4n) is 3.37. The van der Waals surface area contributed by atoms with Gasteiger partial charge in [-0.3, -0.25) is 0 Å². The highest BCUT2D eigenvalue weighted by molar-refractivity contribution is 5.15. The van der Waals surface area contributed by atoms with E-state index in [1.165, 1.54) is 57.3 Å². The Morgan fingerprint density at radius 1 is 1.10 bits per heavy atom. The molecule has 0 bridgehead atoms. The molecule has 0 saturated carbocycles. The molecule has 1 fully saturated rings. The van der Waals surface area contributed by atoms with Crippen molar-refractivity contribution in [3.63, 3.8) is 0 Å². The van der Waals surface area contributed by atoms with Gasteiger partial charge in [0.05, 0.1) is 0 Å². The van der Waals surface area contributed by atoms with Crippen molar-refractivity contribution in [2.45, 2.75) is 52.0 Å². The first kappa shape index (κ1) is 16.5. The van der Waals surface area contributed by atoms with Crippen molar-refractivity contribution in [3.8, 4) is 0 Å². The summed E-state index contributed by atoms with van der Waals surface area (Å²) in [5, 5.41) is 3.68. The van der Waals surface area contributed by atoms with Gasteiger partial charge < -0.3 is 10.2 Å². The molecule has 0 aliphatic carbocycles. The van der Waals surface area contributed by atoms with E-state index in [4.69, 9.17) is 0 Å². The molecule has 0 radical (unpaired) electrons. The molecule has 0 spiro atoms. The summed E-state index contributed by atoms with van der Waals surface area (Å²) >= 11 is 0. The summed E-state index contributed by atoms with van der Waals surface area (Å²) in [6.45, 7) is 9.47. The summed E-state index contributed by atoms with van der Waals surface area (Å²) in [6, 6.07) is 11.7. The van der Waals surface area contributed by atoms with Crippen molar-refractivity contribution in [3.05, 3.63) is 35.9 Å². The molecule has 1 heterocycles. The van der Waals surface area contributed by atoms with Crippen molar-refractivity contribution in [2.75, 3.05) is 26.2 Å². The van der Waals surface area contributed by atoms with Crippen LogP contribution in [0.1, 0.15) is 45.1 Å². The van der Waals surface area contributed by atoms with Crippen LogP contribution < -0.4 is 5.32 Å². The van der Waals surface area contributed by atoms with E-state index in [1.54, 1.807) is 0 Å². The molecule has 0 amide bonds. The summed E-state index contributed by atoms with van der Waals surface area (Å²) < 4.78 is 0. The highest BCUT2D eigenvalue weighted by atomic mass is 15.1. The Kier molecular flexibility index (Phi) is 7.25. The van der Waals surface area contributed by atoms with Crippen LogP contribution in [0, 0.1) is 5.92 Å². The Bertz CT molecular complexity index is 364. The zero-order chi connectivity index (χ0) is 14.9. The van der Waals surface area contributed by atoms with Gasteiger partial charge in [-0.1, -0.05) is 44.2 Å². The second kappa shape index (κ2) is 9.22. The van der Waals surface area contributed by atoms with E-state index in [0.29, 0.717) is 6.04 Å². The number of piperidine rings is 1. The van der Waals surface area contributed by atoms with E-state index < -0.39 is 0 Å². The van der Waals surface area contributed by atoms with E-state index in [2.05, 4.69) is 54.4 Å². The van der Waals surface area contributed by atoms with Crippen molar-refractivity contribution in [1.82, 2.24) is 10.2 Å². The second-order valence-corrected chi connectivity index (χ2v) is 6.44. The van der Waals surface area contributed by atoms with Gasteiger partial charge in [-0.2, -0.15) is 0 Å². The maximum atomic E-state index is 3.68. The maximum Gasteiger partial charge on any atom is 0.0107 e. The number of nitrogens with one attached hydrogen (secondary N) is 1. The van der Waals surface area contributed by atoms with E-state index in [1.807, 2.05) is 0 Å². The van der Waals surface area contributed by atoms with E-state index in [9.17, 15) is 0 Å². The zero-order valence-electron chi connectivity index (χ0n) is 13.9. The van der Waals surface area contributed by atoms with Crippen molar-refractivity contribution < 1.29 is 0 Å². The average molecular weight is 288 g/mol. The van der Waals surface area contributed by atoms with E-state index >= 15 is 0 Å². The van der Waals surface area contributed by atoms with Gasteiger partial charge >= 0.3 is 0 Å². The standard InChI is InChI=1S/C19H32N2/c1-3-19(4-2)20-12-15-21-13-10-18(11-14-21)16-17-8-6-5-7-9-17/h5-9,18-20H,3-4,10-16H2,1-2H3. The van der Waals surface area contributed by atoms with Gasteiger partial charge in [0.2, 0.25) is 0 Å². The minimum Gasteiger partial charge on any atom is -0.313 e. The molecule has 2 heteroatoms. The Hall–Kier alpha value is -0.860. The van der Waals surface area contributed by atoms with Crippen LogP contribution in [0.15, 0.2) is 30.3 Å². The lowest BCUT2D eigenvalue weighted by Crippen LogP contribution is -2.40. The second-order valence-electron chi connectivity index (χ2n) is 6.44. The molecule has 1 aromatic rings. The summed E-state index contributed by atoms with van der Waals surface area (Å²) in [6.07, 6.45) is 6.48.